The molecule has 0 unspecified atom stereocenters. The molecule has 1 N–H and O–H groups in total. The van der Waals surface area contributed by atoms with Crippen LogP contribution < -0.4 is 56.3 Å². The van der Waals surface area contributed by atoms with Gasteiger partial charge in [0.15, 0.2) is 11.3 Å². The average molecular weight is 351 g/mol. The van der Waals surface area contributed by atoms with E-state index in [1.54, 1.807) is 16.6 Å². The summed E-state index contributed by atoms with van der Waals surface area (Å²) in [7, 11) is 0. The molecule has 2 aromatic heterocycles. The zero-order valence-electron chi connectivity index (χ0n) is 11.5. The number of nitrogens with zero attached hydrogens (tertiary/aromatic N) is 4. The molecule has 0 aromatic carbocycles. The van der Waals surface area contributed by atoms with Crippen molar-refractivity contribution in [3.63, 3.8) is 0 Å². The van der Waals surface area contributed by atoms with Crippen LogP contribution in [0.1, 0.15) is 24.8 Å². The molecule has 96 valence electrons. The third-order valence-corrected chi connectivity index (χ3v) is 3.42. The summed E-state index contributed by atoms with van der Waals surface area (Å²) >= 11 is 3.29. The molecule has 1 aliphatic heterocycles. The number of carboxylic acids is 1. The van der Waals surface area contributed by atoms with Gasteiger partial charge < -0.3 is 11.4 Å². The maximum atomic E-state index is 11.1. The van der Waals surface area contributed by atoms with Crippen LogP contribution in [0.2, 0.25) is 0 Å². The van der Waals surface area contributed by atoms with Gasteiger partial charge >= 0.3 is 57.4 Å². The van der Waals surface area contributed by atoms with Crippen LogP contribution in [-0.4, -0.2) is 38.8 Å². The van der Waals surface area contributed by atoms with Crippen LogP contribution >= 0.6 is 15.9 Å². The second-order valence-corrected chi connectivity index (χ2v) is 5.05. The SMILES string of the molecule is O=C(O)c1cc(N2CCCC2)n2nc(Br)cc2n1.[H-].[K+]. The zero-order valence-corrected chi connectivity index (χ0v) is 15.2. The Morgan fingerprint density at radius 2 is 2.05 bits per heavy atom. The minimum absolute atomic E-state index is 0. The molecule has 1 saturated heterocycles. The third-order valence-electron chi connectivity index (χ3n) is 3.03. The fourth-order valence-corrected chi connectivity index (χ4v) is 2.58. The summed E-state index contributed by atoms with van der Waals surface area (Å²) in [6.45, 7) is 1.85. The van der Waals surface area contributed by atoms with Crippen molar-refractivity contribution in [2.45, 2.75) is 12.8 Å². The number of carbonyl (C=O) groups is 1. The Morgan fingerprint density at radius 1 is 1.37 bits per heavy atom. The second kappa shape index (κ2) is 6.19. The molecule has 19 heavy (non-hydrogen) atoms. The number of carboxylic acid groups (broad SMARTS) is 1. The van der Waals surface area contributed by atoms with E-state index in [9.17, 15) is 4.79 Å². The molecule has 0 amide bonds. The standard InChI is InChI=1S/C11H11BrN4O2.K.H/c12-8-6-9-13-7(11(17)18)5-10(16(9)14-8)15-3-1-2-4-15;;/h5-6H,1-4H2,(H,17,18);;/q;+1;-1. The van der Waals surface area contributed by atoms with E-state index < -0.39 is 5.97 Å². The van der Waals surface area contributed by atoms with Gasteiger partial charge in [-0.25, -0.2) is 9.78 Å². The molecule has 8 heteroatoms. The summed E-state index contributed by atoms with van der Waals surface area (Å²) in [5, 5.41) is 13.4. The molecule has 3 heterocycles. The topological polar surface area (TPSA) is 70.7 Å². The first-order valence-electron chi connectivity index (χ1n) is 5.70. The minimum Gasteiger partial charge on any atom is -1.00 e. The van der Waals surface area contributed by atoms with E-state index in [2.05, 4.69) is 30.9 Å². The van der Waals surface area contributed by atoms with Gasteiger partial charge in [-0.1, -0.05) is 0 Å². The van der Waals surface area contributed by atoms with Crippen molar-refractivity contribution in [2.24, 2.45) is 0 Å². The van der Waals surface area contributed by atoms with Crippen molar-refractivity contribution < 1.29 is 62.7 Å². The summed E-state index contributed by atoms with van der Waals surface area (Å²) in [5.74, 6) is -0.226. The van der Waals surface area contributed by atoms with E-state index in [-0.39, 0.29) is 58.5 Å². The molecule has 0 saturated carbocycles. The van der Waals surface area contributed by atoms with Gasteiger partial charge in [0, 0.05) is 25.2 Å². The van der Waals surface area contributed by atoms with E-state index in [1.165, 1.54) is 0 Å². The smallest absolute Gasteiger partial charge is 1.00 e. The zero-order chi connectivity index (χ0) is 12.7. The predicted molar refractivity (Wildman–Crippen MR) is 70.2 cm³/mol. The summed E-state index contributed by atoms with van der Waals surface area (Å²) in [5.41, 5.74) is 0.598. The second-order valence-electron chi connectivity index (χ2n) is 4.24. The van der Waals surface area contributed by atoms with Crippen LogP contribution in [-0.2, 0) is 0 Å². The van der Waals surface area contributed by atoms with Crippen LogP contribution in [0.5, 0.6) is 0 Å². The number of fused-ring (bicyclic) bond motifs is 1. The van der Waals surface area contributed by atoms with E-state index in [0.29, 0.717) is 10.3 Å². The molecule has 0 bridgehead atoms. The monoisotopic (exact) mass is 350 g/mol. The fourth-order valence-electron chi connectivity index (χ4n) is 2.21. The third kappa shape index (κ3) is 3.03. The van der Waals surface area contributed by atoms with Crippen LogP contribution in [0.4, 0.5) is 5.82 Å². The molecule has 1 aliphatic rings. The fraction of sp³-hybridized carbons (Fsp3) is 0.364. The van der Waals surface area contributed by atoms with Gasteiger partial charge in [-0.15, -0.1) is 0 Å². The van der Waals surface area contributed by atoms with Gasteiger partial charge in [-0.05, 0) is 28.8 Å². The van der Waals surface area contributed by atoms with Crippen LogP contribution in [0, 0.1) is 0 Å². The van der Waals surface area contributed by atoms with Crippen LogP contribution in [0.3, 0.4) is 0 Å². The molecular formula is C11H12BrKN4O2. The molecule has 3 rings (SSSR count). The van der Waals surface area contributed by atoms with Crippen molar-refractivity contribution in [3.05, 3.63) is 22.4 Å². The van der Waals surface area contributed by atoms with Gasteiger partial charge in [-0.2, -0.15) is 9.61 Å². The molecule has 1 fully saturated rings. The van der Waals surface area contributed by atoms with E-state index in [1.807, 2.05) is 0 Å². The Bertz CT molecular complexity index is 630. The number of aromatic nitrogens is 3. The van der Waals surface area contributed by atoms with E-state index in [0.717, 1.165) is 31.7 Å². The molecule has 0 atom stereocenters. The summed E-state index contributed by atoms with van der Waals surface area (Å²) < 4.78 is 2.33. The van der Waals surface area contributed by atoms with E-state index in [4.69, 9.17) is 5.11 Å². The number of halogens is 1. The molecule has 0 aliphatic carbocycles. The Hall–Kier alpha value is 0.00636. The van der Waals surface area contributed by atoms with Gasteiger partial charge in [0.1, 0.15) is 10.4 Å². The van der Waals surface area contributed by atoms with Gasteiger partial charge in [-0.3, -0.25) is 0 Å². The number of rotatable bonds is 2. The Balaban J connectivity index is 0.000001000. The van der Waals surface area contributed by atoms with Gasteiger partial charge in [0.05, 0.1) is 0 Å². The molecule has 6 nitrogen and oxygen atoms in total. The van der Waals surface area contributed by atoms with Crippen molar-refractivity contribution in [3.8, 4) is 0 Å². The van der Waals surface area contributed by atoms with E-state index >= 15 is 0 Å². The molecule has 2 aromatic rings. The minimum atomic E-state index is -1.02. The Labute approximate surface area is 162 Å². The number of anilines is 1. The molecule has 0 radical (unpaired) electrons. The molecular weight excluding hydrogens is 339 g/mol. The predicted octanol–water partition coefficient (Wildman–Crippen LogP) is -1.09. The maximum Gasteiger partial charge on any atom is 1.00 e. The maximum absolute atomic E-state index is 11.1. The Kier molecular flexibility index (Phi) is 5.02. The number of hydrogen-bond donors (Lipinski definition) is 1. The van der Waals surface area contributed by atoms with Crippen molar-refractivity contribution in [1.29, 1.82) is 0 Å². The van der Waals surface area contributed by atoms with Crippen molar-refractivity contribution >= 4 is 33.4 Å². The summed E-state index contributed by atoms with van der Waals surface area (Å²) in [4.78, 5) is 17.3. The van der Waals surface area contributed by atoms with Crippen molar-refractivity contribution in [2.75, 3.05) is 18.0 Å². The number of aromatic carboxylic acids is 1. The summed E-state index contributed by atoms with van der Waals surface area (Å²) in [6.07, 6.45) is 2.24. The first kappa shape index (κ1) is 15.4. The normalized spacial score (nSPS) is 14.7. The largest absolute Gasteiger partial charge is 1.00 e. The average Bonchev–Trinajstić information content (AvgIpc) is 2.94. The first-order valence-corrected chi connectivity index (χ1v) is 6.49. The first-order chi connectivity index (χ1) is 8.65. The van der Waals surface area contributed by atoms with Gasteiger partial charge in [0.25, 0.3) is 0 Å². The molecule has 0 spiro atoms. The van der Waals surface area contributed by atoms with Crippen molar-refractivity contribution in [1.82, 2.24) is 14.6 Å². The summed E-state index contributed by atoms with van der Waals surface area (Å²) in [6, 6.07) is 3.30. The van der Waals surface area contributed by atoms with Gasteiger partial charge in [0.2, 0.25) is 0 Å². The quantitative estimate of drug-likeness (QED) is 0.696. The number of hydrogen-bond acceptors (Lipinski definition) is 4. The Morgan fingerprint density at radius 3 is 2.68 bits per heavy atom. The van der Waals surface area contributed by atoms with Crippen LogP contribution in [0.25, 0.3) is 5.65 Å². The van der Waals surface area contributed by atoms with Crippen LogP contribution in [0.15, 0.2) is 16.7 Å².